The Balaban J connectivity index is 1.10. The van der Waals surface area contributed by atoms with Crippen molar-refractivity contribution in [3.05, 3.63) is 139 Å². The molecule has 10 rings (SSSR count). The number of hydrogen-bond acceptors (Lipinski definition) is 8. The van der Waals surface area contributed by atoms with Crippen molar-refractivity contribution in [1.29, 1.82) is 0 Å². The smallest absolute Gasteiger partial charge is 0.381 e. The van der Waals surface area contributed by atoms with E-state index in [2.05, 4.69) is 35.3 Å². The lowest BCUT2D eigenvalue weighted by Gasteiger charge is -2.34. The van der Waals surface area contributed by atoms with E-state index >= 15 is 9.18 Å². The average Bonchev–Trinajstić information content (AvgIpc) is 3.80. The summed E-state index contributed by atoms with van der Waals surface area (Å²) in [6.07, 6.45) is 7.34. The standard InChI is InChI=1S/C48H52FN8O6P/c1-7-64(61,8-2)37-12-10-35(11-13-37)54-19-20-55(47(54)60)43-41-31(6)53(18-15-38(41)51-57(43)36-23-28(3)42(49)29(4)24-36)44(58)40-26-34-25-33(32-16-21-62-22-17-32)9-14-39(34)56(40)48(27-30(48)5)45-50-46(59)63-52-45/h9-14,19-20,23-26,30-32H,7-8,15-18,21-22,27H2,1-6H3,(H,50,52,59)/t30-,31-,48-/m0/s1. The summed E-state index contributed by atoms with van der Waals surface area (Å²) in [5, 5.41) is 11.0. The second-order valence-electron chi connectivity index (χ2n) is 17.8. The fourth-order valence-electron chi connectivity index (χ4n) is 10.4. The molecule has 0 bridgehead atoms. The summed E-state index contributed by atoms with van der Waals surface area (Å²) in [5.74, 6) is -0.0189. The average molecular weight is 887 g/mol. The van der Waals surface area contributed by atoms with Gasteiger partial charge in [0.05, 0.1) is 23.1 Å². The van der Waals surface area contributed by atoms with Crippen molar-refractivity contribution in [3.63, 3.8) is 0 Å². The van der Waals surface area contributed by atoms with Gasteiger partial charge >= 0.3 is 11.4 Å². The van der Waals surface area contributed by atoms with Crippen LogP contribution in [0.5, 0.6) is 0 Å². The van der Waals surface area contributed by atoms with Crippen LogP contribution in [-0.4, -0.2) is 76.5 Å². The van der Waals surface area contributed by atoms with Crippen molar-refractivity contribution in [2.24, 2.45) is 5.92 Å². The molecule has 16 heteroatoms. The highest BCUT2D eigenvalue weighted by atomic mass is 31.2. The number of aromatic amines is 1. The van der Waals surface area contributed by atoms with E-state index < -0.39 is 24.5 Å². The van der Waals surface area contributed by atoms with Gasteiger partial charge in [-0.15, -0.1) is 0 Å². The Kier molecular flexibility index (Phi) is 10.2. The van der Waals surface area contributed by atoms with Gasteiger partial charge in [-0.3, -0.25) is 23.4 Å². The van der Waals surface area contributed by atoms with Crippen molar-refractivity contribution >= 4 is 29.3 Å². The molecule has 3 aliphatic rings. The first-order chi connectivity index (χ1) is 30.8. The summed E-state index contributed by atoms with van der Waals surface area (Å²) in [4.78, 5) is 47.2. The van der Waals surface area contributed by atoms with Gasteiger partial charge in [0.25, 0.3) is 5.91 Å². The van der Waals surface area contributed by atoms with Crippen LogP contribution in [0.4, 0.5) is 4.39 Å². The molecule has 1 saturated heterocycles. The number of H-pyrrole nitrogens is 1. The van der Waals surface area contributed by atoms with Crippen LogP contribution >= 0.6 is 7.14 Å². The predicted molar refractivity (Wildman–Crippen MR) is 242 cm³/mol. The number of carbonyl (C=O) groups excluding carboxylic acids is 1. The molecule has 7 aromatic rings. The Hall–Kier alpha value is -6.05. The van der Waals surface area contributed by atoms with Gasteiger partial charge < -0.3 is 18.8 Å². The minimum absolute atomic E-state index is 0.0262. The van der Waals surface area contributed by atoms with E-state index in [1.165, 1.54) is 14.7 Å². The second-order valence-corrected chi connectivity index (χ2v) is 21.4. The van der Waals surface area contributed by atoms with E-state index in [9.17, 15) is 14.2 Å². The van der Waals surface area contributed by atoms with Crippen LogP contribution in [0.15, 0.2) is 87.2 Å². The van der Waals surface area contributed by atoms with Gasteiger partial charge in [-0.2, -0.15) is 5.10 Å². The van der Waals surface area contributed by atoms with Gasteiger partial charge in [-0.1, -0.05) is 32.0 Å². The molecule has 4 aromatic heterocycles. The lowest BCUT2D eigenvalue weighted by Crippen LogP contribution is -2.41. The molecule has 14 nitrogen and oxygen atoms in total. The van der Waals surface area contributed by atoms with Gasteiger partial charge in [0.2, 0.25) is 0 Å². The number of halogens is 1. The summed E-state index contributed by atoms with van der Waals surface area (Å²) < 4.78 is 46.1. The minimum atomic E-state index is -2.53. The molecule has 1 amide bonds. The monoisotopic (exact) mass is 886 g/mol. The van der Waals surface area contributed by atoms with Crippen molar-refractivity contribution in [1.82, 2.24) is 38.5 Å². The number of nitrogens with one attached hydrogen (secondary N) is 1. The number of benzene rings is 3. The van der Waals surface area contributed by atoms with Crippen LogP contribution < -0.4 is 16.8 Å². The number of nitrogens with zero attached hydrogens (tertiary/aromatic N) is 7. The number of fused-ring (bicyclic) bond motifs is 2. The molecule has 332 valence electrons. The summed E-state index contributed by atoms with van der Waals surface area (Å²) in [6.45, 7) is 13.0. The lowest BCUT2D eigenvalue weighted by atomic mass is 9.91. The molecule has 2 aliphatic heterocycles. The fourth-order valence-corrected chi connectivity index (χ4v) is 12.3. The number of amides is 1. The maximum atomic E-state index is 15.5. The summed E-state index contributed by atoms with van der Waals surface area (Å²) in [7, 11) is -2.53. The fraction of sp³-hybridized carbons (Fsp3) is 0.396. The maximum Gasteiger partial charge on any atom is 0.438 e. The van der Waals surface area contributed by atoms with Crippen molar-refractivity contribution in [3.8, 4) is 17.2 Å². The van der Waals surface area contributed by atoms with Crippen molar-refractivity contribution in [2.45, 2.75) is 84.7 Å². The minimum Gasteiger partial charge on any atom is -0.381 e. The Morgan fingerprint density at radius 1 is 0.938 bits per heavy atom. The van der Waals surface area contributed by atoms with E-state index in [0.29, 0.717) is 96.2 Å². The first-order valence-corrected chi connectivity index (χ1v) is 24.3. The number of aromatic nitrogens is 7. The molecule has 2 fully saturated rings. The highest BCUT2D eigenvalue weighted by Crippen LogP contribution is 2.56. The molecule has 6 heterocycles. The molecule has 0 unspecified atom stereocenters. The quantitative estimate of drug-likeness (QED) is 0.137. The van der Waals surface area contributed by atoms with Crippen LogP contribution in [0.3, 0.4) is 0 Å². The SMILES string of the molecule is CCP(=O)(CC)c1ccc(-n2ccn(-c3c4c(nn3-c3cc(C)c(F)c(C)c3)CCN(C(=O)c3cc5cc(C6CCOCC6)ccc5n3[C@@]3(c5noc(=O)[nH]5)C[C@@H]3C)[C@H]4C)c2=O)cc1. The molecule has 1 aliphatic carbocycles. The van der Waals surface area contributed by atoms with E-state index in [1.54, 1.807) is 43.1 Å². The third-order valence-electron chi connectivity index (χ3n) is 14.3. The molecule has 64 heavy (non-hydrogen) atoms. The van der Waals surface area contributed by atoms with E-state index in [4.69, 9.17) is 14.4 Å². The first-order valence-electron chi connectivity index (χ1n) is 22.3. The van der Waals surface area contributed by atoms with Crippen LogP contribution in [0.2, 0.25) is 0 Å². The Labute approximate surface area is 369 Å². The Bertz CT molecular complexity index is 3120. The largest absolute Gasteiger partial charge is 0.438 e. The topological polar surface area (TPSA) is 155 Å². The molecular weight excluding hydrogens is 835 g/mol. The number of aryl methyl sites for hydroxylation is 2. The zero-order chi connectivity index (χ0) is 44.8. The molecule has 3 atom stereocenters. The molecule has 0 spiro atoms. The summed E-state index contributed by atoms with van der Waals surface area (Å²) >= 11 is 0. The number of hydrogen-bond donors (Lipinski definition) is 1. The molecular formula is C48H52FN8O6P. The summed E-state index contributed by atoms with van der Waals surface area (Å²) in [6, 6.07) is 18.5. The Morgan fingerprint density at radius 2 is 1.62 bits per heavy atom. The number of carbonyl (C=O) groups is 1. The normalized spacial score (nSPS) is 20.3. The molecule has 0 radical (unpaired) electrons. The van der Waals surface area contributed by atoms with Gasteiger partial charge in [0, 0.05) is 72.7 Å². The highest BCUT2D eigenvalue weighted by molar-refractivity contribution is 7.71. The summed E-state index contributed by atoms with van der Waals surface area (Å²) in [5.41, 5.74) is 4.76. The maximum absolute atomic E-state index is 15.5. The molecule has 3 aromatic carbocycles. The van der Waals surface area contributed by atoms with E-state index in [1.807, 2.05) is 60.6 Å². The molecule has 1 saturated carbocycles. The van der Waals surface area contributed by atoms with E-state index in [0.717, 1.165) is 34.7 Å². The lowest BCUT2D eigenvalue weighted by molar-refractivity contribution is 0.0663. The van der Waals surface area contributed by atoms with Gasteiger partial charge in [0.15, 0.2) is 5.82 Å². The van der Waals surface area contributed by atoms with Gasteiger partial charge in [-0.25, -0.2) is 18.7 Å². The second kappa shape index (κ2) is 15.6. The number of imidazole rings is 1. The number of ether oxygens (including phenoxy) is 1. The highest BCUT2D eigenvalue weighted by Gasteiger charge is 2.59. The van der Waals surface area contributed by atoms with Gasteiger partial charge in [0.1, 0.15) is 30.0 Å². The third kappa shape index (κ3) is 6.52. The van der Waals surface area contributed by atoms with Crippen LogP contribution in [0, 0.1) is 25.6 Å². The Morgan fingerprint density at radius 3 is 2.27 bits per heavy atom. The van der Waals surface area contributed by atoms with Crippen LogP contribution in [-0.2, 0) is 21.3 Å². The first kappa shape index (κ1) is 41.9. The third-order valence-corrected chi connectivity index (χ3v) is 17.5. The zero-order valence-corrected chi connectivity index (χ0v) is 37.8. The van der Waals surface area contributed by atoms with Crippen molar-refractivity contribution < 1.29 is 23.0 Å². The van der Waals surface area contributed by atoms with Crippen LogP contribution in [0.25, 0.3) is 28.1 Å². The van der Waals surface area contributed by atoms with E-state index in [-0.39, 0.29) is 23.3 Å². The van der Waals surface area contributed by atoms with Gasteiger partial charge in [-0.05, 0) is 123 Å². The number of rotatable bonds is 10. The van der Waals surface area contributed by atoms with Crippen molar-refractivity contribution in [2.75, 3.05) is 32.1 Å². The predicted octanol–water partition coefficient (Wildman–Crippen LogP) is 7.67. The van der Waals surface area contributed by atoms with Crippen LogP contribution in [0.1, 0.15) is 103 Å². The zero-order valence-electron chi connectivity index (χ0n) is 36.9. The molecule has 1 N–H and O–H groups in total.